The molecule has 0 aromatic heterocycles. The molecule has 0 spiro atoms. The van der Waals surface area contributed by atoms with E-state index in [2.05, 4.69) is 103 Å². The van der Waals surface area contributed by atoms with Crippen molar-refractivity contribution in [3.8, 4) is 0 Å². The lowest BCUT2D eigenvalue weighted by Gasteiger charge is -2.29. The van der Waals surface area contributed by atoms with E-state index in [0.717, 1.165) is 32.3 Å². The van der Waals surface area contributed by atoms with Gasteiger partial charge in [0.2, 0.25) is 0 Å². The van der Waals surface area contributed by atoms with Gasteiger partial charge in [0.25, 0.3) is 0 Å². The Morgan fingerprint density at radius 3 is 1.97 bits per heavy atom. The van der Waals surface area contributed by atoms with E-state index in [0.29, 0.717) is 0 Å². The van der Waals surface area contributed by atoms with Crippen LogP contribution in [0.25, 0.3) is 10.8 Å². The van der Waals surface area contributed by atoms with Gasteiger partial charge < -0.3 is 0 Å². The monoisotopic (exact) mass is 512 g/mol. The van der Waals surface area contributed by atoms with Crippen LogP contribution in [0, 0.1) is 30.6 Å². The summed E-state index contributed by atoms with van der Waals surface area (Å²) in [5.41, 5.74) is 2.87. The molecule has 0 bridgehead atoms. The molecule has 0 aliphatic heterocycles. The van der Waals surface area contributed by atoms with Crippen molar-refractivity contribution >= 4 is 19.4 Å². The number of benzene rings is 2. The molecule has 1 saturated carbocycles. The van der Waals surface area contributed by atoms with Crippen molar-refractivity contribution in [2.24, 2.45) is 23.7 Å². The summed E-state index contributed by atoms with van der Waals surface area (Å²) in [6, 6.07) is 13.9. The summed E-state index contributed by atoms with van der Waals surface area (Å²) in [6.07, 6.45) is 14.7. The molecule has 3 rings (SSSR count). The van der Waals surface area contributed by atoms with Crippen molar-refractivity contribution in [3.63, 3.8) is 0 Å². The Kier molecular flexibility index (Phi) is 21.2. The molecule has 1 aliphatic carbocycles. The molecule has 0 amide bonds. The molecular formula is C35H61P. The van der Waals surface area contributed by atoms with Crippen LogP contribution >= 0.6 is 8.58 Å². The molecule has 0 nitrogen and oxygen atoms in total. The molecule has 2 aromatic rings. The van der Waals surface area contributed by atoms with E-state index in [1.807, 2.05) is 13.8 Å². The van der Waals surface area contributed by atoms with Crippen molar-refractivity contribution in [1.82, 2.24) is 0 Å². The fourth-order valence-corrected chi connectivity index (χ4v) is 4.99. The first-order valence-electron chi connectivity index (χ1n) is 15.1. The third-order valence-corrected chi connectivity index (χ3v) is 7.77. The first-order chi connectivity index (χ1) is 17.3. The third-order valence-electron chi connectivity index (χ3n) is 7.20. The molecule has 0 N–H and O–H groups in total. The van der Waals surface area contributed by atoms with Crippen molar-refractivity contribution < 1.29 is 0 Å². The molecule has 1 heteroatoms. The van der Waals surface area contributed by atoms with E-state index in [4.69, 9.17) is 0 Å². The second-order valence-corrected chi connectivity index (χ2v) is 11.9. The molecule has 206 valence electrons. The fourth-order valence-electron chi connectivity index (χ4n) is 4.52. The largest absolute Gasteiger partial charge is 0.102 e. The van der Waals surface area contributed by atoms with Gasteiger partial charge in [0.15, 0.2) is 0 Å². The highest BCUT2D eigenvalue weighted by Gasteiger charge is 2.21. The van der Waals surface area contributed by atoms with Gasteiger partial charge in [0.05, 0.1) is 0 Å². The van der Waals surface area contributed by atoms with Crippen LogP contribution in [-0.4, -0.2) is 6.66 Å². The number of rotatable bonds is 8. The summed E-state index contributed by atoms with van der Waals surface area (Å²) >= 11 is 0. The molecular weight excluding hydrogens is 451 g/mol. The normalized spacial score (nSPS) is 14.9. The van der Waals surface area contributed by atoms with Crippen molar-refractivity contribution in [2.45, 2.75) is 120 Å². The van der Waals surface area contributed by atoms with Gasteiger partial charge >= 0.3 is 0 Å². The van der Waals surface area contributed by atoms with Crippen molar-refractivity contribution in [2.75, 3.05) is 6.66 Å². The Balaban J connectivity index is 0.000000787. The highest BCUT2D eigenvalue weighted by Crippen LogP contribution is 2.33. The van der Waals surface area contributed by atoms with Gasteiger partial charge in [-0.05, 0) is 72.9 Å². The minimum atomic E-state index is 0.783. The Labute approximate surface area is 228 Å². The average molecular weight is 513 g/mol. The molecule has 2 unspecified atom stereocenters. The molecule has 36 heavy (non-hydrogen) atoms. The number of hydrogen-bond acceptors (Lipinski definition) is 0. The van der Waals surface area contributed by atoms with Gasteiger partial charge in [-0.15, -0.1) is 8.58 Å². The third kappa shape index (κ3) is 15.9. The minimum absolute atomic E-state index is 0.783. The average Bonchev–Trinajstić information content (AvgIpc) is 2.89. The lowest BCUT2D eigenvalue weighted by molar-refractivity contribution is 0.246. The standard InChI is InChI=1S/C23H32.C5H11P.C5H12.C2H6/c1-17(2)23(14-19-7-5-4-6-8-19)16-20-10-12-21-13-18(3)9-11-22(21)15-20;1-3-4-5-6-2;1-4-5(2)3;1-2/h9-13,15,17,19,23H,4-8,14,16H2,1-3H3;4-6H,3H2,1-2H3;5H,4H2,1-3H3;1-2H3. The van der Waals surface area contributed by atoms with Crippen LogP contribution < -0.4 is 0 Å². The molecule has 2 atom stereocenters. The maximum atomic E-state index is 2.42. The quantitative estimate of drug-likeness (QED) is 0.308. The number of hydrogen-bond donors (Lipinski definition) is 0. The predicted octanol–water partition coefficient (Wildman–Crippen LogP) is 12.2. The Morgan fingerprint density at radius 1 is 0.889 bits per heavy atom. The second-order valence-electron chi connectivity index (χ2n) is 11.0. The predicted molar refractivity (Wildman–Crippen MR) is 172 cm³/mol. The topological polar surface area (TPSA) is 0 Å². The number of allylic oxidation sites excluding steroid dienone is 1. The van der Waals surface area contributed by atoms with Crippen LogP contribution in [0.5, 0.6) is 0 Å². The zero-order valence-electron chi connectivity index (χ0n) is 25.8. The lowest BCUT2D eigenvalue weighted by Crippen LogP contribution is -2.18. The second kappa shape index (κ2) is 21.9. The highest BCUT2D eigenvalue weighted by atomic mass is 31.1. The Hall–Kier alpha value is -1.13. The molecule has 0 saturated heterocycles. The SMILES string of the molecule is CC.CCC(C)C.CCC=CPC.Cc1ccc2cc(CC(CC3CCCCC3)C(C)C)ccc2c1. The highest BCUT2D eigenvalue weighted by molar-refractivity contribution is 7.40. The zero-order chi connectivity index (χ0) is 27.3. The van der Waals surface area contributed by atoms with Gasteiger partial charge in [-0.3, -0.25) is 0 Å². The minimum Gasteiger partial charge on any atom is -0.102 e. The van der Waals surface area contributed by atoms with Crippen LogP contribution in [0.1, 0.15) is 118 Å². The smallest absolute Gasteiger partial charge is 0.0181 e. The first-order valence-corrected chi connectivity index (χ1v) is 16.7. The van der Waals surface area contributed by atoms with Gasteiger partial charge in [0.1, 0.15) is 0 Å². The van der Waals surface area contributed by atoms with Crippen LogP contribution in [0.3, 0.4) is 0 Å². The first kappa shape index (κ1) is 34.9. The van der Waals surface area contributed by atoms with Crippen molar-refractivity contribution in [1.29, 1.82) is 0 Å². The number of fused-ring (bicyclic) bond motifs is 1. The van der Waals surface area contributed by atoms with Gasteiger partial charge in [0, 0.05) is 0 Å². The molecule has 1 fully saturated rings. The molecule has 0 heterocycles. The Morgan fingerprint density at radius 2 is 1.47 bits per heavy atom. The van der Waals surface area contributed by atoms with E-state index in [1.54, 1.807) is 0 Å². The lowest BCUT2D eigenvalue weighted by atomic mass is 9.77. The van der Waals surface area contributed by atoms with E-state index in [1.165, 1.54) is 79.7 Å². The van der Waals surface area contributed by atoms with E-state index in [-0.39, 0.29) is 0 Å². The maximum absolute atomic E-state index is 2.42. The van der Waals surface area contributed by atoms with Crippen LogP contribution in [-0.2, 0) is 6.42 Å². The molecule has 1 aliphatic rings. The van der Waals surface area contributed by atoms with Gasteiger partial charge in [-0.25, -0.2) is 0 Å². The molecule has 0 radical (unpaired) electrons. The van der Waals surface area contributed by atoms with Crippen molar-refractivity contribution in [3.05, 3.63) is 59.4 Å². The fraction of sp³-hybridized carbons (Fsp3) is 0.657. The summed E-state index contributed by atoms with van der Waals surface area (Å²) in [6.45, 7) is 22.0. The van der Waals surface area contributed by atoms with Crippen LogP contribution in [0.15, 0.2) is 48.3 Å². The van der Waals surface area contributed by atoms with E-state index >= 15 is 0 Å². The summed E-state index contributed by atoms with van der Waals surface area (Å²) in [4.78, 5) is 0. The summed E-state index contributed by atoms with van der Waals surface area (Å²) in [7, 11) is 0.984. The Bertz CT molecular complexity index is 789. The van der Waals surface area contributed by atoms with Crippen LogP contribution in [0.4, 0.5) is 0 Å². The maximum Gasteiger partial charge on any atom is -0.0181 e. The van der Waals surface area contributed by atoms with Gasteiger partial charge in [-0.2, -0.15) is 0 Å². The summed E-state index contributed by atoms with van der Waals surface area (Å²) < 4.78 is 0. The summed E-state index contributed by atoms with van der Waals surface area (Å²) in [5, 5.41) is 2.77. The van der Waals surface area contributed by atoms with Crippen LogP contribution in [0.2, 0.25) is 0 Å². The van der Waals surface area contributed by atoms with Gasteiger partial charge in [-0.1, -0.05) is 148 Å². The summed E-state index contributed by atoms with van der Waals surface area (Å²) in [5.74, 6) is 5.70. The molecule has 2 aromatic carbocycles. The van der Waals surface area contributed by atoms with E-state index < -0.39 is 0 Å². The zero-order valence-corrected chi connectivity index (χ0v) is 26.8. The number of aryl methyl sites for hydroxylation is 1. The van der Waals surface area contributed by atoms with E-state index in [9.17, 15) is 0 Å².